The maximum absolute atomic E-state index is 12.5. The number of hydrogen-bond donors (Lipinski definition) is 0. The number of esters is 1. The van der Waals surface area contributed by atoms with Crippen LogP contribution in [0.4, 0.5) is 0 Å². The van der Waals surface area contributed by atoms with Crippen molar-refractivity contribution in [2.75, 3.05) is 25.6 Å². The molecule has 0 radical (unpaired) electrons. The summed E-state index contributed by atoms with van der Waals surface area (Å²) in [5.41, 5.74) is -0.453. The maximum Gasteiger partial charge on any atom is 0.313 e. The summed E-state index contributed by atoms with van der Waals surface area (Å²) in [4.78, 5) is 13.6. The molecule has 0 aliphatic carbocycles. The summed E-state index contributed by atoms with van der Waals surface area (Å²) in [6, 6.07) is 15.7. The summed E-state index contributed by atoms with van der Waals surface area (Å²) in [5.74, 6) is 2.17. The molecular formula is C21H23BrO4S. The number of benzene rings is 2. The van der Waals surface area contributed by atoms with Crippen LogP contribution in [-0.2, 0) is 14.3 Å². The first-order chi connectivity index (χ1) is 13.1. The van der Waals surface area contributed by atoms with Crippen LogP contribution in [0.25, 0.3) is 0 Å². The van der Waals surface area contributed by atoms with E-state index in [1.165, 1.54) is 0 Å². The molecule has 1 heterocycles. The van der Waals surface area contributed by atoms with E-state index in [9.17, 15) is 4.79 Å². The first-order valence-corrected chi connectivity index (χ1v) is 10.8. The van der Waals surface area contributed by atoms with Gasteiger partial charge < -0.3 is 14.2 Å². The molecular weight excluding hydrogens is 428 g/mol. The van der Waals surface area contributed by atoms with Crippen LogP contribution >= 0.6 is 27.7 Å². The molecule has 3 rings (SSSR count). The van der Waals surface area contributed by atoms with Crippen LogP contribution in [0.15, 0.2) is 57.9 Å². The van der Waals surface area contributed by atoms with Crippen LogP contribution in [0.1, 0.15) is 19.8 Å². The minimum absolute atomic E-state index is 0.101. The normalized spacial score (nSPS) is 15.9. The molecule has 1 saturated heterocycles. The second kappa shape index (κ2) is 9.62. The number of halogens is 1. The van der Waals surface area contributed by atoms with Crippen LogP contribution in [0.5, 0.6) is 11.5 Å². The Balaban J connectivity index is 1.61. The molecule has 27 heavy (non-hydrogen) atoms. The third-order valence-corrected chi connectivity index (χ3v) is 6.38. The summed E-state index contributed by atoms with van der Waals surface area (Å²) in [5, 5.41) is 0. The number of carbonyl (C=O) groups excluding carboxylic acids is 1. The number of rotatable bonds is 7. The van der Waals surface area contributed by atoms with E-state index in [1.807, 2.05) is 55.5 Å². The van der Waals surface area contributed by atoms with Crippen molar-refractivity contribution in [2.24, 2.45) is 5.41 Å². The molecule has 1 aliphatic rings. The molecule has 0 unspecified atom stereocenters. The third-order valence-electron chi connectivity index (χ3n) is 4.55. The summed E-state index contributed by atoms with van der Waals surface area (Å²) in [6.45, 7) is 3.48. The van der Waals surface area contributed by atoms with Gasteiger partial charge in [0.05, 0.1) is 12.0 Å². The van der Waals surface area contributed by atoms with Crippen molar-refractivity contribution >= 4 is 33.7 Å². The second-order valence-electron chi connectivity index (χ2n) is 6.43. The molecule has 0 saturated carbocycles. The first-order valence-electron chi connectivity index (χ1n) is 9.02. The summed E-state index contributed by atoms with van der Waals surface area (Å²) < 4.78 is 17.7. The Morgan fingerprint density at radius 1 is 1.07 bits per heavy atom. The van der Waals surface area contributed by atoms with Crippen molar-refractivity contribution in [3.8, 4) is 11.5 Å². The Labute approximate surface area is 172 Å². The van der Waals surface area contributed by atoms with Gasteiger partial charge in [0.1, 0.15) is 11.5 Å². The van der Waals surface area contributed by atoms with Gasteiger partial charge in [-0.05, 0) is 68.3 Å². The Bertz CT molecular complexity index is 740. The van der Waals surface area contributed by atoms with Crippen molar-refractivity contribution in [2.45, 2.75) is 24.7 Å². The van der Waals surface area contributed by atoms with E-state index < -0.39 is 5.41 Å². The highest BCUT2D eigenvalue weighted by Crippen LogP contribution is 2.38. The molecule has 0 N–H and O–H groups in total. The van der Waals surface area contributed by atoms with E-state index in [0.29, 0.717) is 38.4 Å². The topological polar surface area (TPSA) is 44.8 Å². The van der Waals surface area contributed by atoms with Crippen molar-refractivity contribution in [1.82, 2.24) is 0 Å². The molecule has 0 aromatic heterocycles. The smallest absolute Gasteiger partial charge is 0.313 e. The fraction of sp³-hybridized carbons (Fsp3) is 0.381. The Kier molecular flexibility index (Phi) is 7.21. The van der Waals surface area contributed by atoms with E-state index in [0.717, 1.165) is 20.9 Å². The minimum Gasteiger partial charge on any atom is -0.466 e. The molecule has 2 aromatic rings. The highest BCUT2D eigenvalue weighted by molar-refractivity contribution is 9.10. The zero-order valence-corrected chi connectivity index (χ0v) is 17.7. The van der Waals surface area contributed by atoms with E-state index in [2.05, 4.69) is 15.9 Å². The predicted molar refractivity (Wildman–Crippen MR) is 111 cm³/mol. The van der Waals surface area contributed by atoms with Crippen molar-refractivity contribution in [1.29, 1.82) is 0 Å². The standard InChI is InChI=1S/C21H23BrO4S/c1-2-25-20(23)21(11-13-24-14-12-21)15-27-19-9-7-18(8-10-19)26-17-5-3-16(22)4-6-17/h3-10H,2,11-15H2,1H3. The predicted octanol–water partition coefficient (Wildman–Crippen LogP) is 5.69. The van der Waals surface area contributed by atoms with Crippen LogP contribution in [0.3, 0.4) is 0 Å². The maximum atomic E-state index is 12.5. The Hall–Kier alpha value is -1.50. The fourth-order valence-corrected chi connectivity index (χ4v) is 4.36. The van der Waals surface area contributed by atoms with Crippen LogP contribution in [-0.4, -0.2) is 31.5 Å². The van der Waals surface area contributed by atoms with Gasteiger partial charge in [-0.1, -0.05) is 15.9 Å². The molecule has 144 valence electrons. The van der Waals surface area contributed by atoms with Gasteiger partial charge in [-0.25, -0.2) is 0 Å². The van der Waals surface area contributed by atoms with Crippen LogP contribution in [0, 0.1) is 5.41 Å². The van der Waals surface area contributed by atoms with E-state index in [-0.39, 0.29) is 5.97 Å². The Morgan fingerprint density at radius 3 is 2.26 bits per heavy atom. The van der Waals surface area contributed by atoms with Crippen molar-refractivity contribution in [3.05, 3.63) is 53.0 Å². The van der Waals surface area contributed by atoms with Gasteiger partial charge in [0.25, 0.3) is 0 Å². The second-order valence-corrected chi connectivity index (χ2v) is 8.39. The van der Waals surface area contributed by atoms with E-state index >= 15 is 0 Å². The van der Waals surface area contributed by atoms with Gasteiger partial charge in [0, 0.05) is 28.3 Å². The number of ether oxygens (including phenoxy) is 3. The average Bonchev–Trinajstić information content (AvgIpc) is 2.70. The minimum atomic E-state index is -0.453. The number of thioether (sulfide) groups is 1. The SMILES string of the molecule is CCOC(=O)C1(CSc2ccc(Oc3ccc(Br)cc3)cc2)CCOCC1. The largest absolute Gasteiger partial charge is 0.466 e. The van der Waals surface area contributed by atoms with Crippen LogP contribution < -0.4 is 4.74 Å². The van der Waals surface area contributed by atoms with Crippen molar-refractivity contribution < 1.29 is 19.0 Å². The molecule has 6 heteroatoms. The molecule has 0 bridgehead atoms. The van der Waals surface area contributed by atoms with Gasteiger partial charge in [-0.15, -0.1) is 11.8 Å². The van der Waals surface area contributed by atoms with Gasteiger partial charge in [-0.2, -0.15) is 0 Å². The summed E-state index contributed by atoms with van der Waals surface area (Å²) >= 11 is 5.09. The van der Waals surface area contributed by atoms with E-state index in [4.69, 9.17) is 14.2 Å². The molecule has 0 spiro atoms. The lowest BCUT2D eigenvalue weighted by Crippen LogP contribution is -2.40. The third kappa shape index (κ3) is 5.50. The summed E-state index contributed by atoms with van der Waals surface area (Å²) in [6.07, 6.45) is 1.42. The molecule has 2 aromatic carbocycles. The highest BCUT2D eigenvalue weighted by Gasteiger charge is 2.41. The molecule has 1 fully saturated rings. The lowest BCUT2D eigenvalue weighted by Gasteiger charge is -2.34. The molecule has 0 atom stereocenters. The molecule has 4 nitrogen and oxygen atoms in total. The van der Waals surface area contributed by atoms with Gasteiger partial charge >= 0.3 is 5.97 Å². The average molecular weight is 451 g/mol. The number of hydrogen-bond acceptors (Lipinski definition) is 5. The van der Waals surface area contributed by atoms with Gasteiger partial charge in [0.15, 0.2) is 0 Å². The van der Waals surface area contributed by atoms with E-state index in [1.54, 1.807) is 11.8 Å². The lowest BCUT2D eigenvalue weighted by atomic mass is 9.82. The zero-order chi connectivity index (χ0) is 19.1. The van der Waals surface area contributed by atoms with Gasteiger partial charge in [0.2, 0.25) is 0 Å². The number of carbonyl (C=O) groups is 1. The first kappa shape index (κ1) is 20.2. The van der Waals surface area contributed by atoms with Crippen molar-refractivity contribution in [3.63, 3.8) is 0 Å². The molecule has 1 aliphatic heterocycles. The summed E-state index contributed by atoms with van der Waals surface area (Å²) in [7, 11) is 0. The van der Waals surface area contributed by atoms with Gasteiger partial charge in [-0.3, -0.25) is 4.79 Å². The van der Waals surface area contributed by atoms with Crippen LogP contribution in [0.2, 0.25) is 0 Å². The monoisotopic (exact) mass is 450 g/mol. The quantitative estimate of drug-likeness (QED) is 0.400. The zero-order valence-electron chi connectivity index (χ0n) is 15.3. The lowest BCUT2D eigenvalue weighted by molar-refractivity contribution is -0.159. The Morgan fingerprint density at radius 2 is 1.67 bits per heavy atom. The highest BCUT2D eigenvalue weighted by atomic mass is 79.9. The molecule has 0 amide bonds. The fourth-order valence-electron chi connectivity index (χ4n) is 2.92.